The molecule has 0 aromatic rings. The molecule has 0 aliphatic carbocycles. The molecule has 0 saturated heterocycles. The highest BCUT2D eigenvalue weighted by molar-refractivity contribution is 5.61. The normalized spacial score (nSPS) is 13.6. The lowest BCUT2D eigenvalue weighted by molar-refractivity contribution is -0.367. The fraction of sp³-hybridized carbons (Fsp3) is 0.769. The molecule has 0 aliphatic heterocycles. The van der Waals surface area contributed by atoms with Crippen LogP contribution in [0.25, 0.3) is 0 Å². The van der Waals surface area contributed by atoms with Gasteiger partial charge in [-0.05, 0) is 34.6 Å². The maximum atomic E-state index is 13.0. The highest BCUT2D eigenvalue weighted by Gasteiger charge is 2.74. The molecule has 0 bridgehead atoms. The van der Waals surface area contributed by atoms with E-state index < -0.39 is 36.1 Å². The van der Waals surface area contributed by atoms with Gasteiger partial charge in [-0.2, -0.15) is 26.3 Å². The summed E-state index contributed by atoms with van der Waals surface area (Å²) in [6.07, 6.45) is -14.6. The number of alkyl halides is 6. The molecular weight excluding hydrogens is 318 g/mol. The second-order valence-electron chi connectivity index (χ2n) is 5.87. The molecule has 0 aliphatic rings. The van der Waals surface area contributed by atoms with E-state index in [0.717, 1.165) is 0 Å². The van der Waals surface area contributed by atoms with Crippen LogP contribution >= 0.6 is 0 Å². The molecule has 0 radical (unpaired) electrons. The van der Waals surface area contributed by atoms with E-state index in [1.807, 2.05) is 0 Å². The van der Waals surface area contributed by atoms with Crippen LogP contribution in [0.15, 0.2) is 11.6 Å². The number of allylic oxidation sites excluding steroid dienone is 1. The predicted octanol–water partition coefficient (Wildman–Crippen LogP) is 5.16. The van der Waals surface area contributed by atoms with Gasteiger partial charge in [0.15, 0.2) is 0 Å². The van der Waals surface area contributed by atoms with Crippen molar-refractivity contribution in [2.24, 2.45) is 0 Å². The Morgan fingerprint density at radius 3 is 1.59 bits per heavy atom. The Hall–Kier alpha value is -1.41. The SMILES string of the molecule is CC(C)=CCC(OC(=O)OC(C)(C)C)(C(F)(F)F)C(F)(F)F. The lowest BCUT2D eigenvalue weighted by atomic mass is 9.96. The zero-order valence-corrected chi connectivity index (χ0v) is 12.8. The largest absolute Gasteiger partial charge is 0.510 e. The third-order valence-corrected chi connectivity index (χ3v) is 2.36. The molecule has 9 heteroatoms. The summed E-state index contributed by atoms with van der Waals surface area (Å²) >= 11 is 0. The van der Waals surface area contributed by atoms with Crippen molar-refractivity contribution in [3.63, 3.8) is 0 Å². The monoisotopic (exact) mass is 336 g/mol. The first kappa shape index (κ1) is 20.6. The number of carbonyl (C=O) groups is 1. The molecule has 0 N–H and O–H groups in total. The van der Waals surface area contributed by atoms with Gasteiger partial charge in [-0.1, -0.05) is 11.6 Å². The molecule has 0 aromatic carbocycles. The second kappa shape index (κ2) is 6.37. The molecule has 130 valence electrons. The van der Waals surface area contributed by atoms with Crippen molar-refractivity contribution in [1.82, 2.24) is 0 Å². The van der Waals surface area contributed by atoms with E-state index in [1.165, 1.54) is 34.6 Å². The zero-order chi connectivity index (χ0) is 18.0. The van der Waals surface area contributed by atoms with E-state index in [9.17, 15) is 31.1 Å². The Bertz CT molecular complexity index is 411. The average Bonchev–Trinajstić information content (AvgIpc) is 2.17. The second-order valence-corrected chi connectivity index (χ2v) is 5.87. The van der Waals surface area contributed by atoms with Crippen LogP contribution in [0.1, 0.15) is 41.0 Å². The van der Waals surface area contributed by atoms with E-state index in [0.29, 0.717) is 6.08 Å². The third kappa shape index (κ3) is 5.42. The standard InChI is InChI=1S/C13H18F6O3/c1-8(2)6-7-11(12(14,15)16,13(17,18)19)22-9(20)21-10(3,4)5/h6H,7H2,1-5H3. The Balaban J connectivity index is 5.77. The molecule has 0 saturated carbocycles. The molecule has 0 rings (SSSR count). The van der Waals surface area contributed by atoms with Crippen molar-refractivity contribution in [2.75, 3.05) is 0 Å². The van der Waals surface area contributed by atoms with Gasteiger partial charge in [-0.15, -0.1) is 0 Å². The van der Waals surface area contributed by atoms with Crippen molar-refractivity contribution in [1.29, 1.82) is 0 Å². The molecular formula is C13H18F6O3. The first-order chi connectivity index (χ1) is 9.52. The van der Waals surface area contributed by atoms with Gasteiger partial charge in [0.25, 0.3) is 0 Å². The van der Waals surface area contributed by atoms with Gasteiger partial charge in [0, 0.05) is 6.42 Å². The molecule has 0 spiro atoms. The van der Waals surface area contributed by atoms with Crippen molar-refractivity contribution in [3.05, 3.63) is 11.6 Å². The summed E-state index contributed by atoms with van der Waals surface area (Å²) in [5.41, 5.74) is -5.73. The summed E-state index contributed by atoms with van der Waals surface area (Å²) in [7, 11) is 0. The van der Waals surface area contributed by atoms with Crippen molar-refractivity contribution < 1.29 is 40.6 Å². The summed E-state index contributed by atoms with van der Waals surface area (Å²) in [5.74, 6) is 0. The van der Waals surface area contributed by atoms with Crippen LogP contribution in [-0.4, -0.2) is 29.7 Å². The van der Waals surface area contributed by atoms with Crippen LogP contribution in [0.4, 0.5) is 31.1 Å². The van der Waals surface area contributed by atoms with Crippen LogP contribution in [0.2, 0.25) is 0 Å². The predicted molar refractivity (Wildman–Crippen MR) is 66.2 cm³/mol. The highest BCUT2D eigenvalue weighted by atomic mass is 19.4. The Morgan fingerprint density at radius 2 is 1.32 bits per heavy atom. The molecule has 0 unspecified atom stereocenters. The lowest BCUT2D eigenvalue weighted by Gasteiger charge is -2.36. The molecule has 0 amide bonds. The van der Waals surface area contributed by atoms with Crippen LogP contribution in [-0.2, 0) is 9.47 Å². The Labute approximate surface area is 124 Å². The maximum Gasteiger partial charge on any atom is 0.510 e. The summed E-state index contributed by atoms with van der Waals surface area (Å²) in [5, 5.41) is 0. The minimum atomic E-state index is -5.85. The van der Waals surface area contributed by atoms with Gasteiger partial charge in [-0.3, -0.25) is 0 Å². The first-order valence-electron chi connectivity index (χ1n) is 6.20. The average molecular weight is 336 g/mol. The van der Waals surface area contributed by atoms with Gasteiger partial charge >= 0.3 is 24.1 Å². The molecule has 0 fully saturated rings. The third-order valence-electron chi connectivity index (χ3n) is 2.36. The molecule has 3 nitrogen and oxygen atoms in total. The van der Waals surface area contributed by atoms with Crippen LogP contribution in [0, 0.1) is 0 Å². The zero-order valence-electron chi connectivity index (χ0n) is 12.8. The quantitative estimate of drug-likeness (QED) is 0.406. The minimum Gasteiger partial charge on any atom is -0.429 e. The Morgan fingerprint density at radius 1 is 0.909 bits per heavy atom. The van der Waals surface area contributed by atoms with E-state index in [1.54, 1.807) is 0 Å². The van der Waals surface area contributed by atoms with Crippen LogP contribution in [0.5, 0.6) is 0 Å². The highest BCUT2D eigenvalue weighted by Crippen LogP contribution is 2.48. The van der Waals surface area contributed by atoms with E-state index >= 15 is 0 Å². The summed E-state index contributed by atoms with van der Waals surface area (Å²) in [6.45, 7) is 6.50. The topological polar surface area (TPSA) is 35.5 Å². The summed E-state index contributed by atoms with van der Waals surface area (Å²) < 4.78 is 86.3. The summed E-state index contributed by atoms with van der Waals surface area (Å²) in [4.78, 5) is 11.3. The number of rotatable bonds is 3. The van der Waals surface area contributed by atoms with Gasteiger partial charge < -0.3 is 9.47 Å². The van der Waals surface area contributed by atoms with Crippen LogP contribution in [0.3, 0.4) is 0 Å². The first-order valence-corrected chi connectivity index (χ1v) is 6.20. The van der Waals surface area contributed by atoms with Crippen molar-refractivity contribution >= 4 is 6.16 Å². The van der Waals surface area contributed by atoms with Crippen molar-refractivity contribution in [2.45, 2.75) is 64.6 Å². The molecule has 0 heterocycles. The molecule has 0 atom stereocenters. The maximum absolute atomic E-state index is 13.0. The number of halogens is 6. The molecule has 22 heavy (non-hydrogen) atoms. The van der Waals surface area contributed by atoms with Crippen LogP contribution < -0.4 is 0 Å². The van der Waals surface area contributed by atoms with Gasteiger partial charge in [0.05, 0.1) is 0 Å². The fourth-order valence-corrected chi connectivity index (χ4v) is 1.31. The van der Waals surface area contributed by atoms with Gasteiger partial charge in [-0.25, -0.2) is 4.79 Å². The number of ether oxygens (including phenoxy) is 2. The summed E-state index contributed by atoms with van der Waals surface area (Å²) in [6, 6.07) is 0. The van der Waals surface area contributed by atoms with E-state index in [2.05, 4.69) is 9.47 Å². The number of carbonyl (C=O) groups excluding carboxylic acids is 1. The lowest BCUT2D eigenvalue weighted by Crippen LogP contribution is -2.59. The van der Waals surface area contributed by atoms with E-state index in [-0.39, 0.29) is 5.57 Å². The van der Waals surface area contributed by atoms with Gasteiger partial charge in [0.2, 0.25) is 0 Å². The number of hydrogen-bond donors (Lipinski definition) is 0. The van der Waals surface area contributed by atoms with Gasteiger partial charge in [0.1, 0.15) is 5.60 Å². The Kier molecular flexibility index (Phi) is 5.97. The minimum absolute atomic E-state index is 0.214. The molecule has 0 aromatic heterocycles. The van der Waals surface area contributed by atoms with Crippen molar-refractivity contribution in [3.8, 4) is 0 Å². The number of hydrogen-bond acceptors (Lipinski definition) is 3. The van der Waals surface area contributed by atoms with E-state index in [4.69, 9.17) is 0 Å². The fourth-order valence-electron chi connectivity index (χ4n) is 1.31. The smallest absolute Gasteiger partial charge is 0.429 e.